The zero-order chi connectivity index (χ0) is 11.9. The number of hydrogen-bond acceptors (Lipinski definition) is 2. The van der Waals surface area contributed by atoms with Crippen LogP contribution in [0, 0.1) is 0 Å². The molecular formula is C8H16F3O2PS. The largest absolute Gasteiger partial charge is 0.412 e. The lowest BCUT2D eigenvalue weighted by molar-refractivity contribution is -0.153. The minimum absolute atomic E-state index is 0.165. The zero-order valence-electron chi connectivity index (χ0n) is 8.59. The molecule has 0 amide bonds. The maximum absolute atomic E-state index is 11.8. The summed E-state index contributed by atoms with van der Waals surface area (Å²) in [7, 11) is 0. The fraction of sp³-hybridized carbons (Fsp3) is 1.00. The number of halogens is 3. The highest BCUT2D eigenvalue weighted by Crippen LogP contribution is 2.44. The topological polar surface area (TPSA) is 29.5 Å². The van der Waals surface area contributed by atoms with E-state index in [0.717, 1.165) is 19.3 Å². The van der Waals surface area contributed by atoms with Gasteiger partial charge in [-0.25, -0.2) is 0 Å². The predicted octanol–water partition coefficient (Wildman–Crippen LogP) is 3.45. The van der Waals surface area contributed by atoms with Crippen LogP contribution in [-0.4, -0.2) is 23.8 Å². The van der Waals surface area contributed by atoms with Gasteiger partial charge in [0.25, 0.3) is 0 Å². The first-order chi connectivity index (χ1) is 6.77. The lowest BCUT2D eigenvalue weighted by atomic mass is 10.2. The molecule has 0 heterocycles. The molecule has 0 aliphatic carbocycles. The van der Waals surface area contributed by atoms with Crippen LogP contribution in [0.15, 0.2) is 0 Å². The Kier molecular flexibility index (Phi) is 7.00. The summed E-state index contributed by atoms with van der Waals surface area (Å²) >= 11 is 4.61. The average molecular weight is 264 g/mol. The minimum atomic E-state index is -4.42. The molecule has 0 aromatic carbocycles. The van der Waals surface area contributed by atoms with Gasteiger partial charge in [0.15, 0.2) is 6.49 Å². The van der Waals surface area contributed by atoms with Gasteiger partial charge in [0.05, 0.1) is 0 Å². The highest BCUT2D eigenvalue weighted by molar-refractivity contribution is 8.09. The Hall–Kier alpha value is 0.360. The summed E-state index contributed by atoms with van der Waals surface area (Å²) in [6, 6.07) is 0. The first kappa shape index (κ1) is 15.4. The van der Waals surface area contributed by atoms with Gasteiger partial charge < -0.3 is 9.42 Å². The molecular weight excluding hydrogens is 248 g/mol. The second kappa shape index (κ2) is 6.84. The molecule has 0 radical (unpaired) electrons. The van der Waals surface area contributed by atoms with Crippen LogP contribution < -0.4 is 0 Å². The maximum atomic E-state index is 11.8. The Labute approximate surface area is 93.0 Å². The van der Waals surface area contributed by atoms with E-state index in [-0.39, 0.29) is 6.16 Å². The third kappa shape index (κ3) is 10.6. The molecule has 0 aromatic heterocycles. The molecule has 0 rings (SSSR count). The van der Waals surface area contributed by atoms with Crippen LogP contribution in [0.5, 0.6) is 0 Å². The lowest BCUT2D eigenvalue weighted by Gasteiger charge is -2.16. The smallest absolute Gasteiger partial charge is 0.345 e. The highest BCUT2D eigenvalue weighted by Gasteiger charge is 2.30. The summed E-state index contributed by atoms with van der Waals surface area (Å²) in [5.41, 5.74) is 0. The Morgan fingerprint density at radius 1 is 1.27 bits per heavy atom. The molecule has 1 atom stereocenters. The van der Waals surface area contributed by atoms with Crippen molar-refractivity contribution in [2.45, 2.75) is 38.8 Å². The van der Waals surface area contributed by atoms with Gasteiger partial charge in [-0.1, -0.05) is 26.2 Å². The summed E-state index contributed by atoms with van der Waals surface area (Å²) < 4.78 is 39.6. The van der Waals surface area contributed by atoms with Crippen molar-refractivity contribution in [2.75, 3.05) is 12.8 Å². The van der Waals surface area contributed by atoms with Crippen molar-refractivity contribution in [3.63, 3.8) is 0 Å². The number of hydrogen-bond donors (Lipinski definition) is 1. The molecule has 0 saturated heterocycles. The molecule has 0 bridgehead atoms. The molecule has 92 valence electrons. The molecule has 0 fully saturated rings. The van der Waals surface area contributed by atoms with Crippen LogP contribution in [0.4, 0.5) is 13.2 Å². The van der Waals surface area contributed by atoms with Gasteiger partial charge in [-0.05, 0) is 18.2 Å². The van der Waals surface area contributed by atoms with Gasteiger partial charge in [-0.2, -0.15) is 13.2 Å². The van der Waals surface area contributed by atoms with Crippen LogP contribution in [-0.2, 0) is 16.3 Å². The molecule has 0 aliphatic heterocycles. The number of rotatable bonds is 7. The summed E-state index contributed by atoms with van der Waals surface area (Å²) in [6.45, 7) is -2.64. The van der Waals surface area contributed by atoms with Gasteiger partial charge in [-0.3, -0.25) is 0 Å². The first-order valence-electron chi connectivity index (χ1n) is 4.80. The Morgan fingerprint density at radius 3 is 2.33 bits per heavy atom. The molecule has 2 nitrogen and oxygen atoms in total. The summed E-state index contributed by atoms with van der Waals surface area (Å²) in [5.74, 6) is 0. The Balaban J connectivity index is 3.73. The number of alkyl halides is 3. The van der Waals surface area contributed by atoms with Crippen LogP contribution >= 0.6 is 6.49 Å². The van der Waals surface area contributed by atoms with E-state index in [1.807, 2.05) is 6.92 Å². The molecule has 0 aromatic rings. The van der Waals surface area contributed by atoms with Crippen molar-refractivity contribution in [2.24, 2.45) is 0 Å². The van der Waals surface area contributed by atoms with E-state index >= 15 is 0 Å². The van der Waals surface area contributed by atoms with Crippen LogP contribution in [0.2, 0.25) is 0 Å². The predicted molar refractivity (Wildman–Crippen MR) is 57.5 cm³/mol. The molecule has 1 N–H and O–H groups in total. The van der Waals surface area contributed by atoms with E-state index in [2.05, 4.69) is 16.3 Å². The Bertz CT molecular complexity index is 220. The van der Waals surface area contributed by atoms with E-state index in [9.17, 15) is 18.1 Å². The van der Waals surface area contributed by atoms with E-state index in [4.69, 9.17) is 0 Å². The third-order valence-electron chi connectivity index (χ3n) is 1.72. The van der Waals surface area contributed by atoms with Crippen LogP contribution in [0.1, 0.15) is 32.6 Å². The van der Waals surface area contributed by atoms with Crippen molar-refractivity contribution in [3.05, 3.63) is 0 Å². The van der Waals surface area contributed by atoms with Gasteiger partial charge >= 0.3 is 6.18 Å². The second-order valence-electron chi connectivity index (χ2n) is 3.31. The number of unbranched alkanes of at least 4 members (excludes halogenated alkanes) is 3. The van der Waals surface area contributed by atoms with Gasteiger partial charge in [0.1, 0.15) is 6.61 Å². The van der Waals surface area contributed by atoms with Gasteiger partial charge in [0, 0.05) is 6.16 Å². The fourth-order valence-corrected chi connectivity index (χ4v) is 2.62. The van der Waals surface area contributed by atoms with Crippen molar-refractivity contribution in [3.8, 4) is 0 Å². The molecule has 0 aliphatic rings. The van der Waals surface area contributed by atoms with Crippen LogP contribution in [0.25, 0.3) is 0 Å². The Morgan fingerprint density at radius 2 is 1.87 bits per heavy atom. The maximum Gasteiger partial charge on any atom is 0.412 e. The molecule has 0 saturated carbocycles. The van der Waals surface area contributed by atoms with Crippen molar-refractivity contribution < 1.29 is 22.6 Å². The summed E-state index contributed by atoms with van der Waals surface area (Å²) in [6.07, 6.45) is -0.745. The van der Waals surface area contributed by atoms with E-state index in [0.29, 0.717) is 6.42 Å². The first-order valence-corrected chi connectivity index (χ1v) is 7.66. The standard InChI is InChI=1S/C8H16F3O2PS/c1-2-3-4-5-6-14(12,15)13-7-8(9,10)11/h2-7H2,1H3,(H,12,15). The van der Waals surface area contributed by atoms with Crippen molar-refractivity contribution in [1.29, 1.82) is 0 Å². The molecule has 7 heteroatoms. The SMILES string of the molecule is CCCCCCP(O)(=S)OCC(F)(F)F. The highest BCUT2D eigenvalue weighted by atomic mass is 32.5. The average Bonchev–Trinajstić information content (AvgIpc) is 2.09. The van der Waals surface area contributed by atoms with Crippen molar-refractivity contribution >= 4 is 18.3 Å². The van der Waals surface area contributed by atoms with Crippen LogP contribution in [0.3, 0.4) is 0 Å². The monoisotopic (exact) mass is 264 g/mol. The molecule has 1 unspecified atom stereocenters. The normalized spacial score (nSPS) is 16.3. The minimum Gasteiger partial charge on any atom is -0.345 e. The van der Waals surface area contributed by atoms with Gasteiger partial charge in [0.2, 0.25) is 0 Å². The zero-order valence-corrected chi connectivity index (χ0v) is 10.3. The molecule has 0 spiro atoms. The fourth-order valence-electron chi connectivity index (χ4n) is 0.977. The van der Waals surface area contributed by atoms with E-state index < -0.39 is 19.3 Å². The van der Waals surface area contributed by atoms with Gasteiger partial charge in [-0.15, -0.1) is 0 Å². The summed E-state index contributed by atoms with van der Waals surface area (Å²) in [5, 5.41) is 0. The summed E-state index contributed by atoms with van der Waals surface area (Å²) in [4.78, 5) is 9.38. The van der Waals surface area contributed by atoms with Crippen molar-refractivity contribution in [1.82, 2.24) is 0 Å². The quantitative estimate of drug-likeness (QED) is 0.564. The third-order valence-corrected chi connectivity index (χ3v) is 4.00. The van der Waals surface area contributed by atoms with E-state index in [1.54, 1.807) is 0 Å². The molecule has 15 heavy (non-hydrogen) atoms. The van der Waals surface area contributed by atoms with E-state index in [1.165, 1.54) is 0 Å². The second-order valence-corrected chi connectivity index (χ2v) is 7.00. The lowest BCUT2D eigenvalue weighted by Crippen LogP contribution is -2.16.